The summed E-state index contributed by atoms with van der Waals surface area (Å²) in [5.74, 6) is -0.260. The van der Waals surface area contributed by atoms with Crippen LogP contribution in [0.4, 0.5) is 13.2 Å². The molecule has 0 atom stereocenters. The standard InChI is InChI=1S/C23H31F3N6O2S/c24-23(25,26)18-9-8-17(19(20(18)35(27,33)34)21-29-31-32-30-21)14-4-6-15(7-5-14)28-16-12-22(13-16)10-2-1-3-11-22/h8-9,14-16,28H,1-7,10-13H2,(H2,27,33,34)(H,29,30,31,32)/t14-,15-. The highest BCUT2D eigenvalue weighted by molar-refractivity contribution is 7.89. The summed E-state index contributed by atoms with van der Waals surface area (Å²) in [6.07, 6.45) is 7.49. The van der Waals surface area contributed by atoms with Gasteiger partial charge in [0.15, 0.2) is 5.82 Å². The number of benzene rings is 1. The Morgan fingerprint density at radius 2 is 1.71 bits per heavy atom. The van der Waals surface area contributed by atoms with Crippen LogP contribution < -0.4 is 10.5 Å². The Morgan fingerprint density at radius 3 is 2.29 bits per heavy atom. The number of primary sulfonamides is 1. The van der Waals surface area contributed by atoms with Gasteiger partial charge in [0.1, 0.15) is 4.90 Å². The molecule has 3 fully saturated rings. The molecular weight excluding hydrogens is 481 g/mol. The predicted octanol–water partition coefficient (Wildman–Crippen LogP) is 4.26. The van der Waals surface area contributed by atoms with Crippen molar-refractivity contribution < 1.29 is 21.6 Å². The Kier molecular flexibility index (Phi) is 6.41. The Bertz CT molecular complexity index is 1150. The van der Waals surface area contributed by atoms with Gasteiger partial charge in [-0.2, -0.15) is 13.2 Å². The second-order valence-corrected chi connectivity index (χ2v) is 12.1. The minimum Gasteiger partial charge on any atom is -0.311 e. The van der Waals surface area contributed by atoms with Crippen molar-refractivity contribution >= 4 is 10.0 Å². The summed E-state index contributed by atoms with van der Waals surface area (Å²) in [4.78, 5) is -0.978. The van der Waals surface area contributed by atoms with Crippen LogP contribution in [0.25, 0.3) is 11.4 Å². The van der Waals surface area contributed by atoms with Gasteiger partial charge < -0.3 is 5.32 Å². The van der Waals surface area contributed by atoms with Gasteiger partial charge in [-0.15, -0.1) is 5.10 Å². The van der Waals surface area contributed by atoms with E-state index in [4.69, 9.17) is 5.14 Å². The molecule has 3 aliphatic rings. The van der Waals surface area contributed by atoms with Crippen molar-refractivity contribution in [2.75, 3.05) is 0 Å². The van der Waals surface area contributed by atoms with Crippen LogP contribution in [0, 0.1) is 5.41 Å². The molecule has 3 aliphatic carbocycles. The molecule has 12 heteroatoms. The zero-order valence-electron chi connectivity index (χ0n) is 19.4. The molecule has 0 unspecified atom stereocenters. The minimum atomic E-state index is -4.90. The maximum Gasteiger partial charge on any atom is 0.417 e. The Hall–Kier alpha value is -2.05. The second kappa shape index (κ2) is 9.11. The molecule has 35 heavy (non-hydrogen) atoms. The van der Waals surface area contributed by atoms with Crippen molar-refractivity contribution in [1.82, 2.24) is 25.9 Å². The van der Waals surface area contributed by atoms with E-state index in [9.17, 15) is 21.6 Å². The lowest BCUT2D eigenvalue weighted by Crippen LogP contribution is -2.53. The average Bonchev–Trinajstić information content (AvgIpc) is 3.32. The maximum atomic E-state index is 13.7. The van der Waals surface area contributed by atoms with E-state index in [0.717, 1.165) is 31.7 Å². The number of nitrogens with one attached hydrogen (secondary N) is 2. The molecule has 8 nitrogen and oxygen atoms in total. The minimum absolute atomic E-state index is 0.123. The highest BCUT2D eigenvalue weighted by Crippen LogP contribution is 2.52. The van der Waals surface area contributed by atoms with E-state index in [0.29, 0.717) is 23.1 Å². The van der Waals surface area contributed by atoms with Gasteiger partial charge in [-0.05, 0) is 84.8 Å². The fourth-order valence-corrected chi connectivity index (χ4v) is 7.67. The van der Waals surface area contributed by atoms with Crippen LogP contribution >= 0.6 is 0 Å². The number of halogens is 3. The van der Waals surface area contributed by atoms with Crippen molar-refractivity contribution in [2.24, 2.45) is 10.6 Å². The zero-order chi connectivity index (χ0) is 24.8. The van der Waals surface area contributed by atoms with Crippen LogP contribution in [0.1, 0.15) is 87.7 Å². The van der Waals surface area contributed by atoms with E-state index in [-0.39, 0.29) is 17.3 Å². The number of aromatic amines is 1. The van der Waals surface area contributed by atoms with E-state index >= 15 is 0 Å². The van der Waals surface area contributed by atoms with Crippen LogP contribution in [0.15, 0.2) is 17.0 Å². The first-order chi connectivity index (χ1) is 16.6. The molecule has 1 aromatic heterocycles. The number of alkyl halides is 3. The van der Waals surface area contributed by atoms with Crippen molar-refractivity contribution in [3.05, 3.63) is 23.3 Å². The summed E-state index contributed by atoms with van der Waals surface area (Å²) in [6.45, 7) is 0. The molecule has 1 aromatic carbocycles. The molecule has 5 rings (SSSR count). The smallest absolute Gasteiger partial charge is 0.311 e. The van der Waals surface area contributed by atoms with Gasteiger partial charge in [0.2, 0.25) is 10.0 Å². The number of rotatable bonds is 5. The predicted molar refractivity (Wildman–Crippen MR) is 123 cm³/mol. The van der Waals surface area contributed by atoms with E-state index in [1.165, 1.54) is 51.0 Å². The second-order valence-electron chi connectivity index (χ2n) is 10.6. The molecule has 0 aliphatic heterocycles. The van der Waals surface area contributed by atoms with Gasteiger partial charge in [0.25, 0.3) is 0 Å². The van der Waals surface area contributed by atoms with E-state index in [1.54, 1.807) is 0 Å². The summed E-state index contributed by atoms with van der Waals surface area (Å²) >= 11 is 0. The van der Waals surface area contributed by atoms with Gasteiger partial charge >= 0.3 is 6.18 Å². The Balaban J connectivity index is 1.35. The number of nitrogens with zero attached hydrogens (tertiary/aromatic N) is 3. The number of nitrogens with two attached hydrogens (primary N) is 1. The molecule has 4 N–H and O–H groups in total. The highest BCUT2D eigenvalue weighted by Gasteiger charge is 2.45. The third-order valence-electron chi connectivity index (χ3n) is 8.27. The number of tetrazole rings is 1. The van der Waals surface area contributed by atoms with Crippen LogP contribution in [0.2, 0.25) is 0 Å². The molecule has 3 saturated carbocycles. The molecular formula is C23H31F3N6O2S. The van der Waals surface area contributed by atoms with E-state index < -0.39 is 26.7 Å². The van der Waals surface area contributed by atoms with Gasteiger partial charge in [-0.1, -0.05) is 25.3 Å². The summed E-state index contributed by atoms with van der Waals surface area (Å²) in [5.41, 5.74) is -0.463. The Labute approximate surface area is 202 Å². The number of aromatic nitrogens is 4. The lowest BCUT2D eigenvalue weighted by molar-refractivity contribution is -0.139. The fraction of sp³-hybridized carbons (Fsp3) is 0.696. The molecule has 1 spiro atoms. The van der Waals surface area contributed by atoms with Crippen molar-refractivity contribution in [2.45, 2.75) is 99.7 Å². The third-order valence-corrected chi connectivity index (χ3v) is 9.27. The SMILES string of the molecule is NS(=O)(=O)c1c(C(F)(F)F)ccc([C@H]2CC[C@H](NC3CC4(CCCCC4)C3)CC2)c1-c1nnn[nH]1. The van der Waals surface area contributed by atoms with Crippen LogP contribution in [-0.2, 0) is 16.2 Å². The van der Waals surface area contributed by atoms with Crippen LogP contribution in [-0.4, -0.2) is 41.1 Å². The van der Waals surface area contributed by atoms with Gasteiger partial charge in [0, 0.05) is 17.6 Å². The van der Waals surface area contributed by atoms with Crippen LogP contribution in [0.5, 0.6) is 0 Å². The maximum absolute atomic E-state index is 13.7. The average molecular weight is 513 g/mol. The Morgan fingerprint density at radius 1 is 1.03 bits per heavy atom. The molecule has 0 radical (unpaired) electrons. The van der Waals surface area contributed by atoms with Crippen molar-refractivity contribution in [3.63, 3.8) is 0 Å². The fourth-order valence-electron chi connectivity index (χ4n) is 6.68. The van der Waals surface area contributed by atoms with Gasteiger partial charge in [-0.3, -0.25) is 0 Å². The topological polar surface area (TPSA) is 127 Å². The number of hydrogen-bond acceptors (Lipinski definition) is 6. The summed E-state index contributed by atoms with van der Waals surface area (Å²) in [5, 5.41) is 22.2. The van der Waals surface area contributed by atoms with E-state index in [2.05, 4.69) is 25.9 Å². The van der Waals surface area contributed by atoms with Crippen molar-refractivity contribution in [1.29, 1.82) is 0 Å². The first-order valence-electron chi connectivity index (χ1n) is 12.3. The number of H-pyrrole nitrogens is 1. The number of hydrogen-bond donors (Lipinski definition) is 3. The lowest BCUT2D eigenvalue weighted by atomic mass is 9.58. The van der Waals surface area contributed by atoms with Gasteiger partial charge in [-0.25, -0.2) is 18.7 Å². The third kappa shape index (κ3) is 4.97. The normalized spacial score (nSPS) is 25.5. The molecule has 0 bridgehead atoms. The van der Waals surface area contributed by atoms with Gasteiger partial charge in [0.05, 0.1) is 5.56 Å². The first-order valence-corrected chi connectivity index (χ1v) is 13.9. The van der Waals surface area contributed by atoms with E-state index in [1.807, 2.05) is 0 Å². The molecule has 1 heterocycles. The summed E-state index contributed by atoms with van der Waals surface area (Å²) in [7, 11) is -4.72. The molecule has 0 amide bonds. The monoisotopic (exact) mass is 512 g/mol. The summed E-state index contributed by atoms with van der Waals surface area (Å²) < 4.78 is 65.9. The number of sulfonamides is 1. The highest BCUT2D eigenvalue weighted by atomic mass is 32.2. The first kappa shape index (κ1) is 24.6. The van der Waals surface area contributed by atoms with Crippen LogP contribution in [0.3, 0.4) is 0 Å². The largest absolute Gasteiger partial charge is 0.417 e. The molecule has 192 valence electrons. The lowest BCUT2D eigenvalue weighted by Gasteiger charge is -2.52. The quantitative estimate of drug-likeness (QED) is 0.549. The zero-order valence-corrected chi connectivity index (χ0v) is 20.3. The molecule has 2 aromatic rings. The van der Waals surface area contributed by atoms with Crippen molar-refractivity contribution in [3.8, 4) is 11.4 Å². The summed E-state index contributed by atoms with van der Waals surface area (Å²) in [6, 6.07) is 3.07. The molecule has 0 saturated heterocycles.